The van der Waals surface area contributed by atoms with Gasteiger partial charge in [0.15, 0.2) is 0 Å². The maximum absolute atomic E-state index is 14.1. The topological polar surface area (TPSA) is 12.0 Å². The highest BCUT2D eigenvalue weighted by molar-refractivity contribution is 7.99. The molecule has 0 aliphatic carbocycles. The molecule has 1 N–H and O–H groups in total. The van der Waals surface area contributed by atoms with Crippen molar-refractivity contribution in [2.24, 2.45) is 0 Å². The van der Waals surface area contributed by atoms with E-state index in [1.807, 2.05) is 48.5 Å². The summed E-state index contributed by atoms with van der Waals surface area (Å²) in [5, 5.41) is 4.47. The third-order valence-corrected chi connectivity index (χ3v) is 6.35. The Hall–Kier alpha value is -1.65. The van der Waals surface area contributed by atoms with E-state index in [0.717, 1.165) is 21.8 Å². The highest BCUT2D eigenvalue weighted by Crippen LogP contribution is 2.45. The summed E-state index contributed by atoms with van der Waals surface area (Å²) < 4.78 is 14.1. The lowest BCUT2D eigenvalue weighted by molar-refractivity contribution is 0.628. The van der Waals surface area contributed by atoms with Crippen molar-refractivity contribution in [3.8, 4) is 0 Å². The predicted octanol–water partition coefficient (Wildman–Crippen LogP) is 8.09. The normalized spacial score (nSPS) is 16.1. The second-order valence-electron chi connectivity index (χ2n) is 6.04. The van der Waals surface area contributed by atoms with Gasteiger partial charge in [-0.3, -0.25) is 0 Å². The second kappa shape index (κ2) is 7.76. The molecule has 1 nitrogen and oxygen atoms in total. The smallest absolute Gasteiger partial charge is 0.142 e. The molecule has 0 spiro atoms. The van der Waals surface area contributed by atoms with Crippen LogP contribution in [0.3, 0.4) is 0 Å². The van der Waals surface area contributed by atoms with E-state index < -0.39 is 5.82 Å². The molecule has 27 heavy (non-hydrogen) atoms. The van der Waals surface area contributed by atoms with Crippen molar-refractivity contribution in [1.29, 1.82) is 0 Å². The van der Waals surface area contributed by atoms with Crippen molar-refractivity contribution in [3.63, 3.8) is 0 Å². The molecule has 1 aliphatic heterocycles. The summed E-state index contributed by atoms with van der Waals surface area (Å²) >= 11 is 20.0. The molecule has 3 aromatic carbocycles. The lowest BCUT2D eigenvalue weighted by Gasteiger charge is -2.14. The van der Waals surface area contributed by atoms with Crippen molar-refractivity contribution in [2.45, 2.75) is 10.1 Å². The Labute approximate surface area is 176 Å². The Kier molecular flexibility index (Phi) is 5.38. The molecule has 0 radical (unpaired) electrons. The molecule has 0 amide bonds. The average molecular weight is 437 g/mol. The molecule has 0 saturated heterocycles. The molecule has 0 fully saturated rings. The van der Waals surface area contributed by atoms with Crippen LogP contribution < -0.4 is 5.32 Å². The molecule has 136 valence electrons. The number of hydrogen-bond acceptors (Lipinski definition) is 2. The van der Waals surface area contributed by atoms with Crippen molar-refractivity contribution in [2.75, 3.05) is 5.32 Å². The van der Waals surface area contributed by atoms with E-state index >= 15 is 0 Å². The molecule has 1 atom stereocenters. The number of rotatable bonds is 2. The van der Waals surface area contributed by atoms with Gasteiger partial charge in [-0.15, -0.1) is 11.8 Å². The Bertz CT molecular complexity index is 1030. The van der Waals surface area contributed by atoms with Crippen LogP contribution in [0.4, 0.5) is 10.1 Å². The molecule has 1 heterocycles. The summed E-state index contributed by atoms with van der Waals surface area (Å²) in [6.45, 7) is 0. The van der Waals surface area contributed by atoms with E-state index in [4.69, 9.17) is 34.8 Å². The summed E-state index contributed by atoms with van der Waals surface area (Å²) in [5.41, 5.74) is 3.32. The number of anilines is 1. The van der Waals surface area contributed by atoms with Gasteiger partial charge in [0.25, 0.3) is 0 Å². The molecule has 1 aliphatic rings. The van der Waals surface area contributed by atoms with E-state index in [1.165, 1.54) is 12.1 Å². The molecule has 0 bridgehead atoms. The van der Waals surface area contributed by atoms with Crippen LogP contribution in [0.25, 0.3) is 5.70 Å². The zero-order chi connectivity index (χ0) is 19.0. The highest BCUT2D eigenvalue weighted by atomic mass is 35.5. The van der Waals surface area contributed by atoms with Gasteiger partial charge in [0.1, 0.15) is 5.82 Å². The van der Waals surface area contributed by atoms with Crippen LogP contribution >= 0.6 is 46.6 Å². The van der Waals surface area contributed by atoms with Crippen LogP contribution in [0.2, 0.25) is 15.1 Å². The summed E-state index contributed by atoms with van der Waals surface area (Å²) in [4.78, 5) is 1.09. The quantitative estimate of drug-likeness (QED) is 0.407. The summed E-state index contributed by atoms with van der Waals surface area (Å²) in [7, 11) is 0. The Morgan fingerprint density at radius 3 is 2.41 bits per heavy atom. The predicted molar refractivity (Wildman–Crippen MR) is 115 cm³/mol. The van der Waals surface area contributed by atoms with Gasteiger partial charge in [-0.25, -0.2) is 4.39 Å². The van der Waals surface area contributed by atoms with Gasteiger partial charge in [0.2, 0.25) is 0 Å². The number of hydrogen-bond donors (Lipinski definition) is 1. The number of benzene rings is 3. The van der Waals surface area contributed by atoms with Crippen molar-refractivity contribution >= 4 is 57.9 Å². The second-order valence-corrected chi connectivity index (χ2v) is 8.47. The summed E-state index contributed by atoms with van der Waals surface area (Å²) in [6, 6.07) is 18.5. The number of fused-ring (bicyclic) bond motifs is 1. The highest BCUT2D eigenvalue weighted by Gasteiger charge is 2.21. The minimum atomic E-state index is -0.507. The Balaban J connectivity index is 1.85. The molecule has 3 aromatic rings. The van der Waals surface area contributed by atoms with Gasteiger partial charge in [-0.2, -0.15) is 0 Å². The minimum Gasteiger partial charge on any atom is -0.354 e. The van der Waals surface area contributed by atoms with Gasteiger partial charge < -0.3 is 5.32 Å². The van der Waals surface area contributed by atoms with Gasteiger partial charge in [0.05, 0.1) is 21.0 Å². The monoisotopic (exact) mass is 435 g/mol. The fourth-order valence-corrected chi connectivity index (χ4v) is 4.67. The van der Waals surface area contributed by atoms with Crippen LogP contribution in [0.1, 0.15) is 16.4 Å². The van der Waals surface area contributed by atoms with Crippen LogP contribution in [-0.2, 0) is 0 Å². The molecule has 1 unspecified atom stereocenters. The number of nitrogens with one attached hydrogen (secondary N) is 1. The number of thioether (sulfide) groups is 1. The molecule has 4 rings (SSSR count). The minimum absolute atomic E-state index is 0.00185. The molecule has 0 saturated carbocycles. The number of halogens is 4. The third kappa shape index (κ3) is 3.97. The first kappa shape index (κ1) is 18.7. The Morgan fingerprint density at radius 1 is 0.889 bits per heavy atom. The lowest BCUT2D eigenvalue weighted by Crippen LogP contribution is -2.01. The molecule has 6 heteroatoms. The fraction of sp³-hybridized carbons (Fsp3) is 0.0476. The summed E-state index contributed by atoms with van der Waals surface area (Å²) in [5.74, 6) is -0.507. The van der Waals surface area contributed by atoms with Gasteiger partial charge in [-0.05, 0) is 48.0 Å². The van der Waals surface area contributed by atoms with Crippen LogP contribution in [-0.4, -0.2) is 0 Å². The maximum atomic E-state index is 14.1. The molecular weight excluding hydrogens is 424 g/mol. The third-order valence-electron chi connectivity index (χ3n) is 4.23. The van der Waals surface area contributed by atoms with Crippen LogP contribution in [0, 0.1) is 5.82 Å². The van der Waals surface area contributed by atoms with E-state index in [-0.39, 0.29) is 10.3 Å². The fourth-order valence-electron chi connectivity index (χ4n) is 2.88. The zero-order valence-corrected chi connectivity index (χ0v) is 16.9. The van der Waals surface area contributed by atoms with Gasteiger partial charge in [0, 0.05) is 21.2 Å². The summed E-state index contributed by atoms with van der Waals surface area (Å²) in [6.07, 6.45) is 2.04. The number of para-hydroxylation sites is 1. The van der Waals surface area contributed by atoms with Gasteiger partial charge in [-0.1, -0.05) is 59.1 Å². The molecule has 0 aromatic heterocycles. The van der Waals surface area contributed by atoms with Crippen molar-refractivity contribution < 1.29 is 4.39 Å². The average Bonchev–Trinajstić information content (AvgIpc) is 2.85. The first-order chi connectivity index (χ1) is 13.0. The van der Waals surface area contributed by atoms with E-state index in [1.54, 1.807) is 11.8 Å². The van der Waals surface area contributed by atoms with Crippen LogP contribution in [0.5, 0.6) is 0 Å². The maximum Gasteiger partial charge on any atom is 0.142 e. The SMILES string of the molecule is Fc1cc(C2=CC(c3ccc(Cl)cc3)Sc3ccccc3N2)c(Cl)cc1Cl. The Morgan fingerprint density at radius 2 is 1.63 bits per heavy atom. The van der Waals surface area contributed by atoms with E-state index in [9.17, 15) is 4.39 Å². The lowest BCUT2D eigenvalue weighted by atomic mass is 10.1. The van der Waals surface area contributed by atoms with Crippen molar-refractivity contribution in [3.05, 3.63) is 98.8 Å². The van der Waals surface area contributed by atoms with Gasteiger partial charge >= 0.3 is 0 Å². The first-order valence-corrected chi connectivity index (χ1v) is 10.2. The van der Waals surface area contributed by atoms with Crippen LogP contribution in [0.15, 0.2) is 71.6 Å². The zero-order valence-electron chi connectivity index (χ0n) is 13.8. The van der Waals surface area contributed by atoms with E-state index in [2.05, 4.69) is 11.4 Å². The largest absolute Gasteiger partial charge is 0.354 e. The molecular formula is C21H13Cl3FNS. The first-order valence-electron chi connectivity index (χ1n) is 8.16. The van der Waals surface area contributed by atoms with E-state index in [0.29, 0.717) is 15.6 Å². The van der Waals surface area contributed by atoms with Crippen molar-refractivity contribution in [1.82, 2.24) is 0 Å². The standard InChI is InChI=1S/C21H13Cl3FNS/c22-13-7-5-12(6-8-13)21-11-19(14-9-17(25)16(24)10-15(14)23)26-18-3-1-2-4-20(18)27-21/h1-11,21,26H.